The first kappa shape index (κ1) is 13.0. The van der Waals surface area contributed by atoms with Crippen LogP contribution in [-0.2, 0) is 0 Å². The van der Waals surface area contributed by atoms with E-state index in [1.165, 1.54) is 0 Å². The van der Waals surface area contributed by atoms with Crippen LogP contribution in [0.4, 0.5) is 0 Å². The molecule has 0 amide bonds. The second-order valence-electron chi connectivity index (χ2n) is 3.39. The number of aromatic hydroxyl groups is 1. The summed E-state index contributed by atoms with van der Waals surface area (Å²) in [5.41, 5.74) is 3.10. The minimum Gasteiger partial charge on any atom is -0.508 e. The normalized spacial score (nSPS) is 9.06. The molecule has 0 bridgehead atoms. The van der Waals surface area contributed by atoms with Crippen LogP contribution in [0.5, 0.6) is 5.75 Å². The number of phenolic OH excluding ortho intramolecular Hbond substituents is 1. The van der Waals surface area contributed by atoms with E-state index < -0.39 is 0 Å². The SMILES string of the molecule is C=C(c1ccccc1)c1ccc(O)cc1.CC. The predicted molar refractivity (Wildman–Crippen MR) is 74.0 cm³/mol. The molecule has 88 valence electrons. The minimum atomic E-state index is 0.277. The van der Waals surface area contributed by atoms with Gasteiger partial charge in [-0.1, -0.05) is 62.9 Å². The van der Waals surface area contributed by atoms with E-state index in [-0.39, 0.29) is 5.75 Å². The molecule has 2 aromatic rings. The molecule has 0 spiro atoms. The Hall–Kier alpha value is -2.02. The molecule has 0 atom stereocenters. The Morgan fingerprint density at radius 1 is 0.824 bits per heavy atom. The Kier molecular flexibility index (Phi) is 5.02. The number of phenols is 1. The van der Waals surface area contributed by atoms with Crippen molar-refractivity contribution < 1.29 is 5.11 Å². The maximum Gasteiger partial charge on any atom is 0.115 e. The van der Waals surface area contributed by atoms with Crippen molar-refractivity contribution in [3.8, 4) is 5.75 Å². The van der Waals surface area contributed by atoms with E-state index in [0.717, 1.165) is 16.7 Å². The van der Waals surface area contributed by atoms with Crippen LogP contribution in [0.15, 0.2) is 61.2 Å². The zero-order chi connectivity index (χ0) is 12.7. The minimum absolute atomic E-state index is 0.277. The van der Waals surface area contributed by atoms with Crippen LogP contribution in [0.25, 0.3) is 5.57 Å². The third-order valence-corrected chi connectivity index (χ3v) is 2.34. The quantitative estimate of drug-likeness (QED) is 0.800. The van der Waals surface area contributed by atoms with E-state index in [2.05, 4.69) is 6.58 Å². The van der Waals surface area contributed by atoms with Crippen molar-refractivity contribution in [2.45, 2.75) is 13.8 Å². The van der Waals surface area contributed by atoms with Crippen LogP contribution >= 0.6 is 0 Å². The van der Waals surface area contributed by atoms with E-state index in [9.17, 15) is 5.11 Å². The van der Waals surface area contributed by atoms with E-state index in [1.807, 2.05) is 56.3 Å². The van der Waals surface area contributed by atoms with Gasteiger partial charge in [0.2, 0.25) is 0 Å². The average molecular weight is 226 g/mol. The van der Waals surface area contributed by atoms with E-state index in [0.29, 0.717) is 0 Å². The maximum atomic E-state index is 9.18. The molecule has 0 aromatic heterocycles. The number of benzene rings is 2. The number of rotatable bonds is 2. The van der Waals surface area contributed by atoms with Crippen LogP contribution in [0.1, 0.15) is 25.0 Å². The molecule has 0 aliphatic rings. The van der Waals surface area contributed by atoms with E-state index in [4.69, 9.17) is 0 Å². The second kappa shape index (κ2) is 6.54. The molecule has 1 nitrogen and oxygen atoms in total. The lowest BCUT2D eigenvalue weighted by molar-refractivity contribution is 0.475. The Morgan fingerprint density at radius 2 is 1.29 bits per heavy atom. The van der Waals surface area contributed by atoms with Gasteiger partial charge >= 0.3 is 0 Å². The number of hydrogen-bond acceptors (Lipinski definition) is 1. The van der Waals surface area contributed by atoms with Crippen LogP contribution in [0.3, 0.4) is 0 Å². The fourth-order valence-electron chi connectivity index (χ4n) is 1.47. The molecule has 0 fully saturated rings. The lowest BCUT2D eigenvalue weighted by Gasteiger charge is -2.05. The molecular weight excluding hydrogens is 208 g/mol. The summed E-state index contributed by atoms with van der Waals surface area (Å²) in [7, 11) is 0. The molecular formula is C16H18O. The molecule has 0 aliphatic heterocycles. The molecule has 0 heterocycles. The third kappa shape index (κ3) is 3.49. The van der Waals surface area contributed by atoms with Gasteiger partial charge < -0.3 is 5.11 Å². The highest BCUT2D eigenvalue weighted by molar-refractivity contribution is 5.78. The Bertz CT molecular complexity index is 455. The summed E-state index contributed by atoms with van der Waals surface area (Å²) >= 11 is 0. The fraction of sp³-hybridized carbons (Fsp3) is 0.125. The molecule has 2 rings (SSSR count). The second-order valence-corrected chi connectivity index (χ2v) is 3.39. The average Bonchev–Trinajstić information content (AvgIpc) is 2.42. The third-order valence-electron chi connectivity index (χ3n) is 2.34. The molecule has 0 radical (unpaired) electrons. The molecule has 0 saturated heterocycles. The molecule has 1 heteroatoms. The first-order valence-corrected chi connectivity index (χ1v) is 5.81. The lowest BCUT2D eigenvalue weighted by Crippen LogP contribution is -1.84. The predicted octanol–water partition coefficient (Wildman–Crippen LogP) is 4.48. The standard InChI is InChI=1S/C14H12O.C2H6/c1-11(12-5-3-2-4-6-12)13-7-9-14(15)10-8-13;1-2/h2-10,15H,1H2;1-2H3. The first-order valence-electron chi connectivity index (χ1n) is 5.81. The zero-order valence-corrected chi connectivity index (χ0v) is 10.4. The summed E-state index contributed by atoms with van der Waals surface area (Å²) in [4.78, 5) is 0. The van der Waals surface area contributed by atoms with Gasteiger partial charge in [0.15, 0.2) is 0 Å². The van der Waals surface area contributed by atoms with Crippen LogP contribution in [0, 0.1) is 0 Å². The summed E-state index contributed by atoms with van der Waals surface area (Å²) in [6.45, 7) is 8.04. The largest absolute Gasteiger partial charge is 0.508 e. The molecule has 0 unspecified atom stereocenters. The van der Waals surface area contributed by atoms with E-state index in [1.54, 1.807) is 12.1 Å². The van der Waals surface area contributed by atoms with Gasteiger partial charge in [-0.3, -0.25) is 0 Å². The molecule has 1 N–H and O–H groups in total. The molecule has 2 aromatic carbocycles. The van der Waals surface area contributed by atoms with Crippen LogP contribution in [-0.4, -0.2) is 5.11 Å². The van der Waals surface area contributed by atoms with Gasteiger partial charge in [-0.15, -0.1) is 0 Å². The van der Waals surface area contributed by atoms with Gasteiger partial charge in [0.25, 0.3) is 0 Å². The Morgan fingerprint density at radius 3 is 1.82 bits per heavy atom. The highest BCUT2D eigenvalue weighted by Crippen LogP contribution is 2.22. The first-order chi connectivity index (χ1) is 8.27. The van der Waals surface area contributed by atoms with Crippen molar-refractivity contribution >= 4 is 5.57 Å². The lowest BCUT2D eigenvalue weighted by atomic mass is 10.00. The zero-order valence-electron chi connectivity index (χ0n) is 10.4. The molecule has 0 aliphatic carbocycles. The highest BCUT2D eigenvalue weighted by atomic mass is 16.3. The summed E-state index contributed by atoms with van der Waals surface area (Å²) in [5, 5.41) is 9.18. The summed E-state index contributed by atoms with van der Waals surface area (Å²) in [6.07, 6.45) is 0. The van der Waals surface area contributed by atoms with Crippen molar-refractivity contribution in [1.82, 2.24) is 0 Å². The van der Waals surface area contributed by atoms with Crippen molar-refractivity contribution in [2.24, 2.45) is 0 Å². The van der Waals surface area contributed by atoms with Gasteiger partial charge in [0, 0.05) is 0 Å². The van der Waals surface area contributed by atoms with Crippen molar-refractivity contribution in [3.05, 3.63) is 72.3 Å². The van der Waals surface area contributed by atoms with Crippen molar-refractivity contribution in [1.29, 1.82) is 0 Å². The Balaban J connectivity index is 0.000000686. The van der Waals surface area contributed by atoms with Gasteiger partial charge in [-0.2, -0.15) is 0 Å². The molecule has 17 heavy (non-hydrogen) atoms. The van der Waals surface area contributed by atoms with Gasteiger partial charge in [-0.05, 0) is 28.8 Å². The smallest absolute Gasteiger partial charge is 0.115 e. The summed E-state index contributed by atoms with van der Waals surface area (Å²) in [6, 6.07) is 17.1. The Labute approximate surface area is 103 Å². The maximum absolute atomic E-state index is 9.18. The highest BCUT2D eigenvalue weighted by Gasteiger charge is 2.00. The van der Waals surface area contributed by atoms with Gasteiger partial charge in [0.05, 0.1) is 0 Å². The topological polar surface area (TPSA) is 20.2 Å². The van der Waals surface area contributed by atoms with Crippen LogP contribution in [0.2, 0.25) is 0 Å². The summed E-state index contributed by atoms with van der Waals surface area (Å²) in [5.74, 6) is 0.277. The van der Waals surface area contributed by atoms with Gasteiger partial charge in [-0.25, -0.2) is 0 Å². The van der Waals surface area contributed by atoms with Crippen molar-refractivity contribution in [3.63, 3.8) is 0 Å². The fourth-order valence-corrected chi connectivity index (χ4v) is 1.47. The summed E-state index contributed by atoms with van der Waals surface area (Å²) < 4.78 is 0. The number of hydrogen-bond donors (Lipinski definition) is 1. The van der Waals surface area contributed by atoms with Crippen molar-refractivity contribution in [2.75, 3.05) is 0 Å². The van der Waals surface area contributed by atoms with E-state index >= 15 is 0 Å². The molecule has 0 saturated carbocycles. The van der Waals surface area contributed by atoms with Crippen LogP contribution < -0.4 is 0 Å². The monoisotopic (exact) mass is 226 g/mol. The van der Waals surface area contributed by atoms with Gasteiger partial charge in [0.1, 0.15) is 5.75 Å².